The molecule has 1 aliphatic heterocycles. The van der Waals surface area contributed by atoms with E-state index in [2.05, 4.69) is 15.8 Å². The zero-order chi connectivity index (χ0) is 21.6. The van der Waals surface area contributed by atoms with Crippen LogP contribution in [0.15, 0.2) is 46.3 Å². The fraction of sp³-hybridized carbons (Fsp3) is 0.364. The quantitative estimate of drug-likeness (QED) is 0.448. The summed E-state index contributed by atoms with van der Waals surface area (Å²) >= 11 is 4.93. The van der Waals surface area contributed by atoms with Gasteiger partial charge in [0, 0.05) is 41.5 Å². The first-order chi connectivity index (χ1) is 15.2. The van der Waals surface area contributed by atoms with Gasteiger partial charge in [0.1, 0.15) is 19.0 Å². The summed E-state index contributed by atoms with van der Waals surface area (Å²) < 4.78 is 19.8. The molecule has 0 radical (unpaired) electrons. The van der Waals surface area contributed by atoms with E-state index in [1.54, 1.807) is 30.6 Å². The highest BCUT2D eigenvalue weighted by molar-refractivity contribution is 7.99. The molecule has 0 saturated heterocycles. The average molecular weight is 477 g/mol. The van der Waals surface area contributed by atoms with Gasteiger partial charge in [-0.15, -0.1) is 11.8 Å². The molecule has 9 heteroatoms. The van der Waals surface area contributed by atoms with Crippen LogP contribution in [0.1, 0.15) is 6.42 Å². The van der Waals surface area contributed by atoms with Crippen molar-refractivity contribution in [2.24, 2.45) is 4.99 Å². The summed E-state index contributed by atoms with van der Waals surface area (Å²) in [5.41, 5.74) is 1.03. The molecule has 2 heterocycles. The van der Waals surface area contributed by atoms with Gasteiger partial charge < -0.3 is 18.8 Å². The number of aromatic nitrogens is 1. The smallest absolute Gasteiger partial charge is 0.249 e. The van der Waals surface area contributed by atoms with E-state index in [0.717, 1.165) is 49.5 Å². The third kappa shape index (κ3) is 5.39. The summed E-state index contributed by atoms with van der Waals surface area (Å²) in [7, 11) is 1.65. The molecule has 1 aliphatic rings. The number of ether oxygens (including phenoxy) is 3. The molecule has 0 unspecified atom stereocenters. The number of carbonyl (C=O) groups is 1. The number of amides is 1. The zero-order valence-corrected chi connectivity index (χ0v) is 19.9. The number of nitrogens with zero attached hydrogens (tertiary/aromatic N) is 2. The van der Waals surface area contributed by atoms with Crippen molar-refractivity contribution in [2.45, 2.75) is 17.9 Å². The van der Waals surface area contributed by atoms with E-state index in [9.17, 15) is 4.79 Å². The van der Waals surface area contributed by atoms with Crippen molar-refractivity contribution < 1.29 is 19.0 Å². The van der Waals surface area contributed by atoms with Crippen LogP contribution in [0.25, 0.3) is 10.2 Å². The molecule has 0 bridgehead atoms. The zero-order valence-electron chi connectivity index (χ0n) is 17.5. The lowest BCUT2D eigenvalue weighted by Gasteiger charge is -2.18. The molecule has 0 fully saturated rings. The number of benzene rings is 2. The van der Waals surface area contributed by atoms with E-state index in [0.29, 0.717) is 25.4 Å². The van der Waals surface area contributed by atoms with E-state index >= 15 is 0 Å². The number of hydrogen-bond donors (Lipinski definition) is 0. The SMILES string of the molecule is COc1ccc(SCCC(=O)N=c2sc3cc4c(cc3n2CCSC)OCCO4)cc1. The Labute approximate surface area is 193 Å². The number of fused-ring (bicyclic) bond motifs is 2. The predicted octanol–water partition coefficient (Wildman–Crippen LogP) is 4.46. The summed E-state index contributed by atoms with van der Waals surface area (Å²) in [6.07, 6.45) is 2.46. The van der Waals surface area contributed by atoms with Crippen molar-refractivity contribution in [1.82, 2.24) is 4.57 Å². The van der Waals surface area contributed by atoms with Crippen LogP contribution in [0.2, 0.25) is 0 Å². The molecule has 1 amide bonds. The first-order valence-electron chi connectivity index (χ1n) is 9.94. The molecule has 0 aliphatic carbocycles. The predicted molar refractivity (Wildman–Crippen MR) is 128 cm³/mol. The molecule has 0 atom stereocenters. The Bertz CT molecular complexity index is 1120. The van der Waals surface area contributed by atoms with Crippen LogP contribution >= 0.6 is 34.9 Å². The topological polar surface area (TPSA) is 62.0 Å². The van der Waals surface area contributed by atoms with Crippen molar-refractivity contribution in [3.05, 3.63) is 41.2 Å². The van der Waals surface area contributed by atoms with E-state index < -0.39 is 0 Å². The normalized spacial score (nSPS) is 13.5. The number of methoxy groups -OCH3 is 1. The molecule has 2 aromatic carbocycles. The number of hydrogen-bond acceptors (Lipinski definition) is 7. The number of carbonyl (C=O) groups excluding carboxylic acids is 1. The van der Waals surface area contributed by atoms with Gasteiger partial charge in [-0.25, -0.2) is 0 Å². The summed E-state index contributed by atoms with van der Waals surface area (Å²) in [6.45, 7) is 1.89. The van der Waals surface area contributed by atoms with Crippen LogP contribution in [0.3, 0.4) is 0 Å². The Kier molecular flexibility index (Phi) is 7.47. The van der Waals surface area contributed by atoms with Crippen molar-refractivity contribution in [3.63, 3.8) is 0 Å². The molecule has 3 aromatic rings. The van der Waals surface area contributed by atoms with Gasteiger partial charge in [-0.05, 0) is 30.5 Å². The van der Waals surface area contributed by atoms with E-state index in [4.69, 9.17) is 14.2 Å². The molecule has 31 heavy (non-hydrogen) atoms. The van der Waals surface area contributed by atoms with E-state index in [-0.39, 0.29) is 5.91 Å². The van der Waals surface area contributed by atoms with Gasteiger partial charge in [0.2, 0.25) is 5.91 Å². The fourth-order valence-electron chi connectivity index (χ4n) is 3.18. The minimum absolute atomic E-state index is 0.109. The van der Waals surface area contributed by atoms with Crippen molar-refractivity contribution >= 4 is 51.0 Å². The van der Waals surface area contributed by atoms with Crippen LogP contribution < -0.4 is 19.0 Å². The second kappa shape index (κ2) is 10.5. The van der Waals surface area contributed by atoms with Gasteiger partial charge in [0.05, 0.1) is 17.3 Å². The summed E-state index contributed by atoms with van der Waals surface area (Å²) in [5.74, 6) is 3.85. The molecule has 0 spiro atoms. The number of aryl methyl sites for hydroxylation is 1. The highest BCUT2D eigenvalue weighted by Crippen LogP contribution is 2.35. The van der Waals surface area contributed by atoms with Crippen molar-refractivity contribution in [1.29, 1.82) is 0 Å². The largest absolute Gasteiger partial charge is 0.497 e. The maximum absolute atomic E-state index is 12.6. The van der Waals surface area contributed by atoms with E-state index in [1.165, 1.54) is 11.3 Å². The van der Waals surface area contributed by atoms with Crippen LogP contribution in [0, 0.1) is 0 Å². The van der Waals surface area contributed by atoms with Gasteiger partial charge >= 0.3 is 0 Å². The maximum atomic E-state index is 12.6. The van der Waals surface area contributed by atoms with Crippen molar-refractivity contribution in [2.75, 3.05) is 38.1 Å². The summed E-state index contributed by atoms with van der Waals surface area (Å²) in [5, 5.41) is 0. The Morgan fingerprint density at radius 1 is 1.16 bits per heavy atom. The maximum Gasteiger partial charge on any atom is 0.249 e. The second-order valence-corrected chi connectivity index (χ2v) is 9.94. The molecule has 6 nitrogen and oxygen atoms in total. The van der Waals surface area contributed by atoms with E-state index in [1.807, 2.05) is 36.4 Å². The molecule has 4 rings (SSSR count). The van der Waals surface area contributed by atoms with Gasteiger partial charge in [-0.3, -0.25) is 4.79 Å². The first-order valence-corrected chi connectivity index (χ1v) is 13.1. The second-order valence-electron chi connectivity index (χ2n) is 6.77. The Hall–Kier alpha value is -2.10. The van der Waals surface area contributed by atoms with Crippen LogP contribution in [0.5, 0.6) is 17.2 Å². The summed E-state index contributed by atoms with van der Waals surface area (Å²) in [4.78, 5) is 18.9. The first kappa shape index (κ1) is 22.1. The Morgan fingerprint density at radius 2 is 1.90 bits per heavy atom. The van der Waals surface area contributed by atoms with Crippen LogP contribution in [-0.4, -0.2) is 48.6 Å². The number of thiazole rings is 1. The van der Waals surface area contributed by atoms with Crippen LogP contribution in [-0.2, 0) is 11.3 Å². The lowest BCUT2D eigenvalue weighted by molar-refractivity contribution is -0.117. The number of thioether (sulfide) groups is 2. The van der Waals surface area contributed by atoms with Gasteiger partial charge in [-0.1, -0.05) is 11.3 Å². The molecule has 0 N–H and O–H groups in total. The molecule has 1 aromatic heterocycles. The minimum atomic E-state index is -0.109. The molecule has 0 saturated carbocycles. The third-order valence-electron chi connectivity index (χ3n) is 4.73. The number of rotatable bonds is 8. The monoisotopic (exact) mass is 476 g/mol. The average Bonchev–Trinajstić information content (AvgIpc) is 3.12. The lowest BCUT2D eigenvalue weighted by Crippen LogP contribution is -2.19. The minimum Gasteiger partial charge on any atom is -0.497 e. The van der Waals surface area contributed by atoms with Crippen molar-refractivity contribution in [3.8, 4) is 17.2 Å². The highest BCUT2D eigenvalue weighted by atomic mass is 32.2. The molecular formula is C22H24N2O4S3. The Balaban J connectivity index is 1.52. The Morgan fingerprint density at radius 3 is 2.61 bits per heavy atom. The highest BCUT2D eigenvalue weighted by Gasteiger charge is 2.16. The third-order valence-corrected chi connectivity index (χ3v) is 7.38. The fourth-order valence-corrected chi connectivity index (χ4v) is 5.47. The van der Waals surface area contributed by atoms with Gasteiger partial charge in [0.25, 0.3) is 0 Å². The van der Waals surface area contributed by atoms with Crippen LogP contribution in [0.4, 0.5) is 0 Å². The van der Waals surface area contributed by atoms with Gasteiger partial charge in [-0.2, -0.15) is 16.8 Å². The molecular weight excluding hydrogens is 452 g/mol. The molecule has 164 valence electrons. The summed E-state index contributed by atoms with van der Waals surface area (Å²) in [6, 6.07) is 11.8. The lowest BCUT2D eigenvalue weighted by atomic mass is 10.2. The van der Waals surface area contributed by atoms with Gasteiger partial charge in [0.15, 0.2) is 16.3 Å². The standard InChI is InChI=1S/C22H24N2O4S3/c1-26-15-3-5-16(6-4-15)30-11-7-21(25)23-22-24(8-12-29-2)17-13-18-19(14-20(17)31-22)28-10-9-27-18/h3-6,13-14H,7-12H2,1-2H3.